The average Bonchev–Trinajstić information content (AvgIpc) is 2.33. The first-order valence-electron chi connectivity index (χ1n) is 5.59. The van der Waals surface area contributed by atoms with E-state index in [0.717, 1.165) is 6.42 Å². The van der Waals surface area contributed by atoms with E-state index in [1.165, 1.54) is 4.68 Å². The molecule has 4 nitrogen and oxygen atoms in total. The first-order valence-corrected chi connectivity index (χ1v) is 5.97. The predicted molar refractivity (Wildman–Crippen MR) is 70.4 cm³/mol. The Balaban J connectivity index is 2.77. The molecule has 0 amide bonds. The molecule has 0 atom stereocenters. The number of aromatic nitrogens is 2. The Hall–Kier alpha value is -1.47. The van der Waals surface area contributed by atoms with Gasteiger partial charge < -0.3 is 5.32 Å². The molecule has 0 saturated heterocycles. The Morgan fingerprint density at radius 1 is 1.59 bits per heavy atom. The maximum Gasteiger partial charge on any atom is 0.287 e. The molecule has 0 aliphatic carbocycles. The van der Waals surface area contributed by atoms with Gasteiger partial charge in [-0.1, -0.05) is 18.5 Å². The molecule has 1 rings (SSSR count). The van der Waals surface area contributed by atoms with Gasteiger partial charge in [0.15, 0.2) is 0 Å². The van der Waals surface area contributed by atoms with E-state index in [2.05, 4.69) is 22.3 Å². The predicted octanol–water partition coefficient (Wildman–Crippen LogP) is 2.13. The van der Waals surface area contributed by atoms with Crippen molar-refractivity contribution in [2.24, 2.45) is 0 Å². The van der Waals surface area contributed by atoms with Crippen molar-refractivity contribution in [2.75, 3.05) is 11.9 Å². The fraction of sp³-hybridized carbons (Fsp3) is 0.500. The first kappa shape index (κ1) is 13.6. The third-order valence-corrected chi connectivity index (χ3v) is 2.53. The van der Waals surface area contributed by atoms with Crippen molar-refractivity contribution >= 4 is 17.3 Å². The van der Waals surface area contributed by atoms with Crippen LogP contribution in [0.4, 0.5) is 5.69 Å². The topological polar surface area (TPSA) is 46.9 Å². The number of aryl methyl sites for hydroxylation is 1. The Bertz CT molecular complexity index is 485. The van der Waals surface area contributed by atoms with E-state index in [1.807, 2.05) is 6.92 Å². The maximum atomic E-state index is 11.8. The zero-order valence-electron chi connectivity index (χ0n) is 10.1. The van der Waals surface area contributed by atoms with Gasteiger partial charge in [-0.2, -0.15) is 5.10 Å². The van der Waals surface area contributed by atoms with Gasteiger partial charge in [0, 0.05) is 19.5 Å². The van der Waals surface area contributed by atoms with Crippen LogP contribution < -0.4 is 10.9 Å². The van der Waals surface area contributed by atoms with E-state index >= 15 is 0 Å². The smallest absolute Gasteiger partial charge is 0.287 e. The number of rotatable bonds is 5. The fourth-order valence-electron chi connectivity index (χ4n) is 1.34. The Morgan fingerprint density at radius 2 is 2.35 bits per heavy atom. The lowest BCUT2D eigenvalue weighted by atomic mass is 10.4. The zero-order chi connectivity index (χ0) is 12.7. The molecule has 0 aromatic carbocycles. The van der Waals surface area contributed by atoms with Crippen LogP contribution in [0.1, 0.15) is 26.7 Å². The Morgan fingerprint density at radius 3 is 3.00 bits per heavy atom. The molecule has 1 aromatic heterocycles. The van der Waals surface area contributed by atoms with Crippen LogP contribution in [0.3, 0.4) is 0 Å². The fourth-order valence-corrected chi connectivity index (χ4v) is 1.56. The molecule has 1 aromatic rings. The molecule has 0 aliphatic heterocycles. The summed E-state index contributed by atoms with van der Waals surface area (Å²) in [7, 11) is 0. The number of nitrogens with zero attached hydrogens (tertiary/aromatic N) is 2. The molecule has 17 heavy (non-hydrogen) atoms. The minimum atomic E-state index is -0.250. The Kier molecular flexibility index (Phi) is 5.58. The highest BCUT2D eigenvalue weighted by atomic mass is 35.5. The quantitative estimate of drug-likeness (QED) is 0.646. The van der Waals surface area contributed by atoms with Crippen LogP contribution in [0.2, 0.25) is 5.02 Å². The molecule has 1 N–H and O–H groups in total. The van der Waals surface area contributed by atoms with Gasteiger partial charge in [0.2, 0.25) is 0 Å². The van der Waals surface area contributed by atoms with Crippen molar-refractivity contribution < 1.29 is 0 Å². The van der Waals surface area contributed by atoms with Gasteiger partial charge >= 0.3 is 0 Å². The van der Waals surface area contributed by atoms with Crippen LogP contribution in [0.5, 0.6) is 0 Å². The van der Waals surface area contributed by atoms with Crippen molar-refractivity contribution in [3.8, 4) is 11.8 Å². The lowest BCUT2D eigenvalue weighted by Crippen LogP contribution is -2.24. The third-order valence-electron chi connectivity index (χ3n) is 2.16. The van der Waals surface area contributed by atoms with E-state index in [-0.39, 0.29) is 10.6 Å². The monoisotopic (exact) mass is 253 g/mol. The van der Waals surface area contributed by atoms with Crippen molar-refractivity contribution in [1.29, 1.82) is 0 Å². The largest absolute Gasteiger partial charge is 0.381 e. The number of nitrogens with one attached hydrogen (secondary N) is 1. The zero-order valence-corrected chi connectivity index (χ0v) is 10.8. The summed E-state index contributed by atoms with van der Waals surface area (Å²) < 4.78 is 1.37. The van der Waals surface area contributed by atoms with E-state index in [4.69, 9.17) is 11.6 Å². The molecule has 0 unspecified atom stereocenters. The molecular weight excluding hydrogens is 238 g/mol. The van der Waals surface area contributed by atoms with Gasteiger partial charge in [0.1, 0.15) is 5.02 Å². The minimum Gasteiger partial charge on any atom is -0.381 e. The summed E-state index contributed by atoms with van der Waals surface area (Å²) in [5.74, 6) is 5.73. The van der Waals surface area contributed by atoms with Crippen molar-refractivity contribution in [3.63, 3.8) is 0 Å². The molecule has 5 heteroatoms. The number of anilines is 1. The number of halogens is 1. The summed E-state index contributed by atoms with van der Waals surface area (Å²) in [6, 6.07) is 0. The van der Waals surface area contributed by atoms with Gasteiger partial charge in [-0.3, -0.25) is 4.79 Å². The van der Waals surface area contributed by atoms with Crippen molar-refractivity contribution in [1.82, 2.24) is 9.78 Å². The van der Waals surface area contributed by atoms with Gasteiger partial charge in [-0.15, -0.1) is 11.8 Å². The molecule has 1 heterocycles. The molecule has 0 aliphatic rings. The SMILES string of the molecule is CC#CCCNc1cnn(CCC)c(=O)c1Cl. The molecule has 0 fully saturated rings. The standard InChI is InChI=1S/C12H16ClN3O/c1-3-5-6-7-14-10-9-15-16(8-4-2)12(17)11(10)13/h9,14H,4,6-8H2,1-2H3. The Labute approximate surface area is 106 Å². The second kappa shape index (κ2) is 6.97. The summed E-state index contributed by atoms with van der Waals surface area (Å²) in [5.41, 5.74) is 0.321. The van der Waals surface area contributed by atoms with Crippen molar-refractivity contribution in [2.45, 2.75) is 33.2 Å². The molecule has 0 bridgehead atoms. The van der Waals surface area contributed by atoms with Gasteiger partial charge in [-0.25, -0.2) is 4.68 Å². The highest BCUT2D eigenvalue weighted by molar-refractivity contribution is 6.32. The summed E-state index contributed by atoms with van der Waals surface area (Å²) in [6.07, 6.45) is 3.14. The van der Waals surface area contributed by atoms with Crippen LogP contribution in [0, 0.1) is 11.8 Å². The van der Waals surface area contributed by atoms with Crippen LogP contribution in [0.15, 0.2) is 11.0 Å². The lowest BCUT2D eigenvalue weighted by Gasteiger charge is -2.08. The normalized spacial score (nSPS) is 9.59. The highest BCUT2D eigenvalue weighted by Crippen LogP contribution is 2.14. The molecule has 92 valence electrons. The first-order chi connectivity index (χ1) is 8.20. The van der Waals surface area contributed by atoms with Gasteiger partial charge in [-0.05, 0) is 13.3 Å². The molecule has 0 saturated carbocycles. The van der Waals surface area contributed by atoms with Crippen LogP contribution >= 0.6 is 11.6 Å². The van der Waals surface area contributed by atoms with Crippen molar-refractivity contribution in [3.05, 3.63) is 21.6 Å². The molecule has 0 spiro atoms. The van der Waals surface area contributed by atoms with E-state index in [9.17, 15) is 4.79 Å². The second-order valence-electron chi connectivity index (χ2n) is 3.50. The van der Waals surface area contributed by atoms with E-state index in [1.54, 1.807) is 13.1 Å². The summed E-state index contributed by atoms with van der Waals surface area (Å²) in [4.78, 5) is 11.8. The summed E-state index contributed by atoms with van der Waals surface area (Å²) in [5, 5.41) is 7.29. The van der Waals surface area contributed by atoms with E-state index in [0.29, 0.717) is 25.2 Å². The van der Waals surface area contributed by atoms with Crippen LogP contribution in [-0.2, 0) is 6.54 Å². The van der Waals surface area contributed by atoms with Crippen LogP contribution in [0.25, 0.3) is 0 Å². The third kappa shape index (κ3) is 3.79. The molecule has 0 radical (unpaired) electrons. The minimum absolute atomic E-state index is 0.193. The highest BCUT2D eigenvalue weighted by Gasteiger charge is 2.07. The van der Waals surface area contributed by atoms with Crippen LogP contribution in [-0.4, -0.2) is 16.3 Å². The summed E-state index contributed by atoms with van der Waals surface area (Å²) >= 11 is 5.98. The van der Waals surface area contributed by atoms with E-state index < -0.39 is 0 Å². The number of hydrogen-bond acceptors (Lipinski definition) is 3. The summed E-state index contributed by atoms with van der Waals surface area (Å²) in [6.45, 7) is 5.01. The second-order valence-corrected chi connectivity index (χ2v) is 3.88. The van der Waals surface area contributed by atoms with Gasteiger partial charge in [0.25, 0.3) is 5.56 Å². The lowest BCUT2D eigenvalue weighted by molar-refractivity contribution is 0.568. The maximum absolute atomic E-state index is 11.8. The number of hydrogen-bond donors (Lipinski definition) is 1. The average molecular weight is 254 g/mol. The van der Waals surface area contributed by atoms with Gasteiger partial charge in [0.05, 0.1) is 11.9 Å². The molecular formula is C12H16ClN3O.